The minimum absolute atomic E-state index is 0.163. The van der Waals surface area contributed by atoms with Gasteiger partial charge in [0, 0.05) is 25.4 Å². The maximum Gasteiger partial charge on any atom is 0.222 e. The zero-order valence-electron chi connectivity index (χ0n) is 19.8. The SMILES string of the molecule is CCCC[C@@H](C)C[C@H](O)/C=C/[C@@H]1[C@H]2CC(CCCCC(=O)N3CCCC3)=C[C@H]2C[C@H]1O. The second-order valence-electron chi connectivity index (χ2n) is 10.5. The summed E-state index contributed by atoms with van der Waals surface area (Å²) in [6.45, 7) is 6.34. The number of nitrogens with zero attached hydrogens (tertiary/aromatic N) is 1. The minimum Gasteiger partial charge on any atom is -0.392 e. The summed E-state index contributed by atoms with van der Waals surface area (Å²) < 4.78 is 0. The molecule has 0 bridgehead atoms. The topological polar surface area (TPSA) is 60.8 Å². The summed E-state index contributed by atoms with van der Waals surface area (Å²) in [5, 5.41) is 21.0. The highest BCUT2D eigenvalue weighted by Gasteiger charge is 2.43. The van der Waals surface area contributed by atoms with Crippen LogP contribution in [0.15, 0.2) is 23.8 Å². The van der Waals surface area contributed by atoms with E-state index in [4.69, 9.17) is 0 Å². The van der Waals surface area contributed by atoms with Crippen LogP contribution >= 0.6 is 0 Å². The van der Waals surface area contributed by atoms with E-state index in [1.807, 2.05) is 11.0 Å². The smallest absolute Gasteiger partial charge is 0.222 e. The van der Waals surface area contributed by atoms with Gasteiger partial charge < -0.3 is 15.1 Å². The van der Waals surface area contributed by atoms with E-state index in [1.54, 1.807) is 0 Å². The zero-order chi connectivity index (χ0) is 22.2. The van der Waals surface area contributed by atoms with Crippen LogP contribution in [-0.2, 0) is 4.79 Å². The first-order valence-electron chi connectivity index (χ1n) is 13.0. The number of hydrogen-bond donors (Lipinski definition) is 2. The Morgan fingerprint density at radius 3 is 2.77 bits per heavy atom. The molecule has 4 nitrogen and oxygen atoms in total. The normalized spacial score (nSPS) is 30.1. The molecular weight excluding hydrogens is 386 g/mol. The van der Waals surface area contributed by atoms with E-state index in [0.29, 0.717) is 30.1 Å². The van der Waals surface area contributed by atoms with Crippen LogP contribution in [0.2, 0.25) is 0 Å². The molecule has 0 spiro atoms. The van der Waals surface area contributed by atoms with Crippen molar-refractivity contribution in [3.8, 4) is 0 Å². The molecule has 0 radical (unpaired) electrons. The molecule has 31 heavy (non-hydrogen) atoms. The van der Waals surface area contributed by atoms with Crippen molar-refractivity contribution in [3.63, 3.8) is 0 Å². The molecule has 4 heteroatoms. The third kappa shape index (κ3) is 7.18. The van der Waals surface area contributed by atoms with Crippen LogP contribution in [0.5, 0.6) is 0 Å². The van der Waals surface area contributed by atoms with Gasteiger partial charge in [-0.05, 0) is 69.1 Å². The lowest BCUT2D eigenvalue weighted by Gasteiger charge is -2.19. The number of carbonyl (C=O) groups is 1. The van der Waals surface area contributed by atoms with Crippen LogP contribution in [0.25, 0.3) is 0 Å². The number of carbonyl (C=O) groups excluding carboxylic acids is 1. The van der Waals surface area contributed by atoms with E-state index in [2.05, 4.69) is 26.0 Å². The van der Waals surface area contributed by atoms with Gasteiger partial charge in [0.1, 0.15) is 0 Å². The standard InChI is InChI=1S/C27H45NO3/c1-3-4-9-20(2)16-23(29)12-13-24-25-18-21(17-22(25)19-26(24)30)10-5-6-11-27(31)28-14-7-8-15-28/h12-13,17,20,22-26,29-30H,3-11,14-16,18-19H2,1-2H3/b13-12+/t20-,22+,23-,24-,25+,26-/m1/s1. The van der Waals surface area contributed by atoms with E-state index < -0.39 is 6.10 Å². The Morgan fingerprint density at radius 2 is 2.03 bits per heavy atom. The number of allylic oxidation sites excluding steroid dienone is 2. The van der Waals surface area contributed by atoms with Gasteiger partial charge in [0.05, 0.1) is 12.2 Å². The number of likely N-dealkylation sites (tertiary alicyclic amines) is 1. The number of rotatable bonds is 12. The summed E-state index contributed by atoms with van der Waals surface area (Å²) in [6, 6.07) is 0. The second kappa shape index (κ2) is 12.2. The fraction of sp³-hybridized carbons (Fsp3) is 0.815. The van der Waals surface area contributed by atoms with Gasteiger partial charge >= 0.3 is 0 Å². The predicted octanol–water partition coefficient (Wildman–Crippen LogP) is 5.25. The lowest BCUT2D eigenvalue weighted by atomic mass is 9.88. The highest BCUT2D eigenvalue weighted by Crippen LogP contribution is 2.48. The van der Waals surface area contributed by atoms with Crippen LogP contribution in [0.1, 0.15) is 90.9 Å². The lowest BCUT2D eigenvalue weighted by Crippen LogP contribution is -2.27. The van der Waals surface area contributed by atoms with Gasteiger partial charge in [-0.1, -0.05) is 56.9 Å². The Labute approximate surface area is 189 Å². The summed E-state index contributed by atoms with van der Waals surface area (Å²) in [7, 11) is 0. The number of aliphatic hydroxyl groups excluding tert-OH is 2. The number of fused-ring (bicyclic) bond motifs is 1. The molecule has 3 rings (SSSR count). The molecule has 0 unspecified atom stereocenters. The fourth-order valence-corrected chi connectivity index (χ4v) is 5.96. The fourth-order valence-electron chi connectivity index (χ4n) is 5.96. The van der Waals surface area contributed by atoms with Gasteiger partial charge in [-0.25, -0.2) is 0 Å². The molecule has 1 heterocycles. The van der Waals surface area contributed by atoms with Crippen molar-refractivity contribution in [3.05, 3.63) is 23.8 Å². The van der Waals surface area contributed by atoms with Crippen molar-refractivity contribution in [2.45, 2.75) is 103 Å². The van der Waals surface area contributed by atoms with Crippen molar-refractivity contribution < 1.29 is 15.0 Å². The molecule has 1 saturated heterocycles. The summed E-state index contributed by atoms with van der Waals surface area (Å²) in [6.07, 6.45) is 18.3. The van der Waals surface area contributed by atoms with E-state index >= 15 is 0 Å². The number of unbranched alkanes of at least 4 members (excludes halogenated alkanes) is 2. The Hall–Kier alpha value is -1.13. The predicted molar refractivity (Wildman–Crippen MR) is 127 cm³/mol. The van der Waals surface area contributed by atoms with E-state index in [0.717, 1.165) is 64.5 Å². The van der Waals surface area contributed by atoms with Crippen LogP contribution in [0.3, 0.4) is 0 Å². The lowest BCUT2D eigenvalue weighted by molar-refractivity contribution is -0.130. The van der Waals surface area contributed by atoms with E-state index in [-0.39, 0.29) is 12.0 Å². The first-order valence-corrected chi connectivity index (χ1v) is 13.0. The molecule has 1 aliphatic heterocycles. The van der Waals surface area contributed by atoms with E-state index in [9.17, 15) is 15.0 Å². The van der Waals surface area contributed by atoms with Gasteiger partial charge in [0.15, 0.2) is 0 Å². The van der Waals surface area contributed by atoms with Crippen LogP contribution < -0.4 is 0 Å². The average molecular weight is 432 g/mol. The molecule has 0 aromatic carbocycles. The second-order valence-corrected chi connectivity index (χ2v) is 10.5. The monoisotopic (exact) mass is 431 g/mol. The van der Waals surface area contributed by atoms with Crippen molar-refractivity contribution in [1.29, 1.82) is 0 Å². The maximum atomic E-state index is 12.2. The van der Waals surface area contributed by atoms with Crippen LogP contribution in [0.4, 0.5) is 0 Å². The summed E-state index contributed by atoms with van der Waals surface area (Å²) in [5.74, 6) is 2.00. The molecule has 2 aliphatic carbocycles. The first-order chi connectivity index (χ1) is 15.0. The number of amides is 1. The Balaban J connectivity index is 1.38. The Kier molecular flexibility index (Phi) is 9.65. The van der Waals surface area contributed by atoms with Crippen molar-refractivity contribution in [1.82, 2.24) is 4.90 Å². The minimum atomic E-state index is -0.403. The zero-order valence-corrected chi connectivity index (χ0v) is 19.8. The van der Waals surface area contributed by atoms with Gasteiger partial charge in [0.25, 0.3) is 0 Å². The summed E-state index contributed by atoms with van der Waals surface area (Å²) >= 11 is 0. The molecule has 176 valence electrons. The average Bonchev–Trinajstić information content (AvgIpc) is 3.45. The Morgan fingerprint density at radius 1 is 1.26 bits per heavy atom. The third-order valence-corrected chi connectivity index (χ3v) is 7.80. The van der Waals surface area contributed by atoms with Gasteiger partial charge in [-0.15, -0.1) is 0 Å². The summed E-state index contributed by atoms with van der Waals surface area (Å²) in [5.41, 5.74) is 1.52. The number of aliphatic hydroxyl groups is 2. The molecule has 1 amide bonds. The van der Waals surface area contributed by atoms with Gasteiger partial charge in [-0.3, -0.25) is 4.79 Å². The highest BCUT2D eigenvalue weighted by molar-refractivity contribution is 5.76. The molecule has 1 saturated carbocycles. The van der Waals surface area contributed by atoms with Crippen LogP contribution in [0, 0.1) is 23.7 Å². The molecular formula is C27H45NO3. The largest absolute Gasteiger partial charge is 0.392 e. The van der Waals surface area contributed by atoms with Gasteiger partial charge in [0.2, 0.25) is 5.91 Å². The third-order valence-electron chi connectivity index (χ3n) is 7.80. The molecule has 0 aromatic rings. The quantitative estimate of drug-likeness (QED) is 0.328. The molecule has 2 N–H and O–H groups in total. The van der Waals surface area contributed by atoms with Crippen molar-refractivity contribution in [2.24, 2.45) is 23.7 Å². The van der Waals surface area contributed by atoms with Crippen LogP contribution in [-0.4, -0.2) is 46.3 Å². The molecule has 3 aliphatic rings. The first kappa shape index (κ1) is 24.5. The highest BCUT2D eigenvalue weighted by atomic mass is 16.3. The van der Waals surface area contributed by atoms with Crippen molar-refractivity contribution in [2.75, 3.05) is 13.1 Å². The van der Waals surface area contributed by atoms with Gasteiger partial charge in [-0.2, -0.15) is 0 Å². The molecule has 6 atom stereocenters. The molecule has 0 aromatic heterocycles. The summed E-state index contributed by atoms with van der Waals surface area (Å²) in [4.78, 5) is 14.2. The molecule has 2 fully saturated rings. The number of hydrogen-bond acceptors (Lipinski definition) is 3. The van der Waals surface area contributed by atoms with Crippen molar-refractivity contribution >= 4 is 5.91 Å². The van der Waals surface area contributed by atoms with E-state index in [1.165, 1.54) is 24.8 Å². The Bertz CT molecular complexity index is 622. The maximum absolute atomic E-state index is 12.2.